The van der Waals surface area contributed by atoms with Crippen molar-refractivity contribution in [2.75, 3.05) is 12.4 Å². The van der Waals surface area contributed by atoms with Gasteiger partial charge in [0.2, 0.25) is 5.91 Å². The number of carbonyl (C=O) groups excluding carboxylic acids is 1. The van der Waals surface area contributed by atoms with Gasteiger partial charge < -0.3 is 10.1 Å². The molecule has 1 N–H and O–H groups in total. The normalized spacial score (nSPS) is 10.4. The van der Waals surface area contributed by atoms with Crippen molar-refractivity contribution in [3.05, 3.63) is 52.0 Å². The number of anilines is 1. The number of hydrogen-bond acceptors (Lipinski definition) is 5. The van der Waals surface area contributed by atoms with Crippen LogP contribution in [0.25, 0.3) is 11.3 Å². The summed E-state index contributed by atoms with van der Waals surface area (Å²) in [5.74, 6) is 0.761. The Hall–Kier alpha value is -2.18. The largest absolute Gasteiger partial charge is 0.497 e. The molecule has 4 nitrogen and oxygen atoms in total. The quantitative estimate of drug-likeness (QED) is 0.767. The maximum absolute atomic E-state index is 12.0. The fourth-order valence-electron chi connectivity index (χ4n) is 1.97. The van der Waals surface area contributed by atoms with Gasteiger partial charge in [0, 0.05) is 10.9 Å². The Balaban J connectivity index is 1.66. The zero-order valence-electron chi connectivity index (χ0n) is 11.9. The lowest BCUT2D eigenvalue weighted by molar-refractivity contribution is -0.115. The first-order valence-electron chi connectivity index (χ1n) is 6.65. The summed E-state index contributed by atoms with van der Waals surface area (Å²) in [6, 6.07) is 9.64. The van der Waals surface area contributed by atoms with Crippen LogP contribution >= 0.6 is 22.7 Å². The predicted octanol–water partition coefficient (Wildman–Crippen LogP) is 4.06. The first-order valence-corrected chi connectivity index (χ1v) is 8.48. The summed E-state index contributed by atoms with van der Waals surface area (Å²) in [4.78, 5) is 16.4. The number of ether oxygens (including phenoxy) is 1. The molecule has 3 aromatic rings. The molecular formula is C16H14N2O2S2. The second kappa shape index (κ2) is 6.72. The Labute approximate surface area is 136 Å². The van der Waals surface area contributed by atoms with Crippen LogP contribution in [0.5, 0.6) is 5.75 Å². The summed E-state index contributed by atoms with van der Waals surface area (Å²) >= 11 is 3.01. The second-order valence-electron chi connectivity index (χ2n) is 4.62. The van der Waals surface area contributed by atoms with Crippen molar-refractivity contribution in [3.8, 4) is 17.0 Å². The summed E-state index contributed by atoms with van der Waals surface area (Å²) in [6.45, 7) is 0. The van der Waals surface area contributed by atoms with Gasteiger partial charge in [-0.2, -0.15) is 11.3 Å². The van der Waals surface area contributed by atoms with E-state index >= 15 is 0 Å². The minimum absolute atomic E-state index is 0.0472. The number of rotatable bonds is 5. The molecule has 0 aliphatic heterocycles. The third-order valence-corrected chi connectivity index (χ3v) is 4.57. The number of methoxy groups -OCH3 is 1. The van der Waals surface area contributed by atoms with Crippen molar-refractivity contribution in [3.63, 3.8) is 0 Å². The van der Waals surface area contributed by atoms with Gasteiger partial charge in [-0.3, -0.25) is 4.79 Å². The van der Waals surface area contributed by atoms with Crippen molar-refractivity contribution >= 4 is 33.7 Å². The monoisotopic (exact) mass is 330 g/mol. The van der Waals surface area contributed by atoms with Crippen molar-refractivity contribution in [2.24, 2.45) is 0 Å². The molecule has 0 fully saturated rings. The molecule has 22 heavy (non-hydrogen) atoms. The molecular weight excluding hydrogens is 316 g/mol. The maximum atomic E-state index is 12.0. The van der Waals surface area contributed by atoms with Crippen LogP contribution < -0.4 is 10.1 Å². The fourth-order valence-corrected chi connectivity index (χ4v) is 3.37. The summed E-state index contributed by atoms with van der Waals surface area (Å²) in [5, 5.41) is 9.33. The Morgan fingerprint density at radius 3 is 2.73 bits per heavy atom. The third kappa shape index (κ3) is 3.52. The third-order valence-electron chi connectivity index (χ3n) is 3.08. The number of amides is 1. The molecule has 1 aromatic carbocycles. The van der Waals surface area contributed by atoms with Crippen LogP contribution in [-0.2, 0) is 11.2 Å². The van der Waals surface area contributed by atoms with Crippen molar-refractivity contribution in [2.45, 2.75) is 6.42 Å². The molecule has 3 rings (SSSR count). The molecule has 0 atom stereocenters. The van der Waals surface area contributed by atoms with E-state index in [1.54, 1.807) is 18.4 Å². The Bertz CT molecular complexity index is 749. The van der Waals surface area contributed by atoms with E-state index < -0.39 is 0 Å². The minimum Gasteiger partial charge on any atom is -0.497 e. The van der Waals surface area contributed by atoms with Crippen LogP contribution in [0.4, 0.5) is 5.13 Å². The standard InChI is InChI=1S/C16H14N2O2S2/c1-20-13-4-2-12(3-5-13)14-10-22-16(17-14)18-15(19)8-11-6-7-21-9-11/h2-7,9-10H,8H2,1H3,(H,17,18,19). The van der Waals surface area contributed by atoms with Crippen LogP contribution in [0.1, 0.15) is 5.56 Å². The van der Waals surface area contributed by atoms with Gasteiger partial charge in [0.1, 0.15) is 5.75 Å². The molecule has 112 valence electrons. The van der Waals surface area contributed by atoms with Crippen LogP contribution in [0.2, 0.25) is 0 Å². The maximum Gasteiger partial charge on any atom is 0.230 e. The van der Waals surface area contributed by atoms with E-state index in [4.69, 9.17) is 4.74 Å². The Morgan fingerprint density at radius 1 is 1.23 bits per heavy atom. The molecule has 2 aromatic heterocycles. The van der Waals surface area contributed by atoms with Crippen molar-refractivity contribution in [1.29, 1.82) is 0 Å². The number of carbonyl (C=O) groups is 1. The fraction of sp³-hybridized carbons (Fsp3) is 0.125. The highest BCUT2D eigenvalue weighted by atomic mass is 32.1. The topological polar surface area (TPSA) is 51.2 Å². The second-order valence-corrected chi connectivity index (χ2v) is 6.26. The van der Waals surface area contributed by atoms with E-state index in [0.29, 0.717) is 11.6 Å². The van der Waals surface area contributed by atoms with Crippen molar-refractivity contribution in [1.82, 2.24) is 4.98 Å². The highest BCUT2D eigenvalue weighted by molar-refractivity contribution is 7.14. The van der Waals surface area contributed by atoms with Gasteiger partial charge in [0.25, 0.3) is 0 Å². The lowest BCUT2D eigenvalue weighted by atomic mass is 10.2. The summed E-state index contributed by atoms with van der Waals surface area (Å²) in [6.07, 6.45) is 0.376. The van der Waals surface area contributed by atoms with Gasteiger partial charge in [0.15, 0.2) is 5.13 Å². The number of thiophene rings is 1. The zero-order chi connectivity index (χ0) is 15.4. The molecule has 6 heteroatoms. The predicted molar refractivity (Wildman–Crippen MR) is 90.8 cm³/mol. The molecule has 0 unspecified atom stereocenters. The smallest absolute Gasteiger partial charge is 0.230 e. The van der Waals surface area contributed by atoms with E-state index in [1.807, 2.05) is 46.5 Å². The summed E-state index contributed by atoms with van der Waals surface area (Å²) in [7, 11) is 1.64. The summed E-state index contributed by atoms with van der Waals surface area (Å²) < 4.78 is 5.14. The lowest BCUT2D eigenvalue weighted by Crippen LogP contribution is -2.13. The summed E-state index contributed by atoms with van der Waals surface area (Å²) in [5.41, 5.74) is 2.86. The van der Waals surface area contributed by atoms with E-state index in [2.05, 4.69) is 10.3 Å². The molecule has 0 spiro atoms. The average molecular weight is 330 g/mol. The van der Waals surface area contributed by atoms with Crippen molar-refractivity contribution < 1.29 is 9.53 Å². The first-order chi connectivity index (χ1) is 10.7. The van der Waals surface area contributed by atoms with Gasteiger partial charge in [-0.25, -0.2) is 4.98 Å². The van der Waals surface area contributed by atoms with Crippen LogP contribution in [-0.4, -0.2) is 18.0 Å². The van der Waals surface area contributed by atoms with E-state index in [-0.39, 0.29) is 5.91 Å². The highest BCUT2D eigenvalue weighted by Gasteiger charge is 2.09. The first kappa shape index (κ1) is 14.7. The molecule has 0 radical (unpaired) electrons. The Morgan fingerprint density at radius 2 is 2.05 bits per heavy atom. The molecule has 2 heterocycles. The van der Waals surface area contributed by atoms with Crippen LogP contribution in [0.15, 0.2) is 46.5 Å². The minimum atomic E-state index is -0.0472. The number of thiazole rings is 1. The van der Waals surface area contributed by atoms with Crippen LogP contribution in [0.3, 0.4) is 0 Å². The SMILES string of the molecule is COc1ccc(-c2csc(NC(=O)Cc3ccsc3)n2)cc1. The average Bonchev–Trinajstić information content (AvgIpc) is 3.19. The molecule has 0 saturated carbocycles. The molecule has 0 aliphatic rings. The van der Waals surface area contributed by atoms with E-state index in [0.717, 1.165) is 22.6 Å². The van der Waals surface area contributed by atoms with Crippen LogP contribution in [0, 0.1) is 0 Å². The Kier molecular flexibility index (Phi) is 4.50. The number of nitrogens with zero attached hydrogens (tertiary/aromatic N) is 1. The van der Waals surface area contributed by atoms with E-state index in [1.165, 1.54) is 11.3 Å². The van der Waals surface area contributed by atoms with Gasteiger partial charge in [0.05, 0.1) is 19.2 Å². The van der Waals surface area contributed by atoms with Gasteiger partial charge in [-0.1, -0.05) is 0 Å². The molecule has 0 bridgehead atoms. The number of nitrogens with one attached hydrogen (secondary N) is 1. The van der Waals surface area contributed by atoms with Gasteiger partial charge in [-0.05, 0) is 46.7 Å². The molecule has 0 aliphatic carbocycles. The van der Waals surface area contributed by atoms with E-state index in [9.17, 15) is 4.79 Å². The van der Waals surface area contributed by atoms with Gasteiger partial charge in [-0.15, -0.1) is 11.3 Å². The molecule has 1 amide bonds. The zero-order valence-corrected chi connectivity index (χ0v) is 13.5. The molecule has 0 saturated heterocycles. The number of aromatic nitrogens is 1. The lowest BCUT2D eigenvalue weighted by Gasteiger charge is -2.01. The number of benzene rings is 1. The number of hydrogen-bond donors (Lipinski definition) is 1. The highest BCUT2D eigenvalue weighted by Crippen LogP contribution is 2.26. The van der Waals surface area contributed by atoms with Gasteiger partial charge >= 0.3 is 0 Å².